The third-order valence-electron chi connectivity index (χ3n) is 5.85. The largest absolute Gasteiger partial charge is 0.454 e. The Bertz CT molecular complexity index is 1240. The monoisotopic (exact) mass is 480 g/mol. The second-order valence-corrected chi connectivity index (χ2v) is 8.67. The molecule has 1 aromatic heterocycles. The van der Waals surface area contributed by atoms with Gasteiger partial charge in [-0.15, -0.1) is 11.8 Å². The van der Waals surface area contributed by atoms with E-state index in [1.54, 1.807) is 23.8 Å². The summed E-state index contributed by atoms with van der Waals surface area (Å²) in [6.07, 6.45) is 2.02. The van der Waals surface area contributed by atoms with E-state index in [1.807, 2.05) is 55.6 Å². The zero-order valence-corrected chi connectivity index (χ0v) is 19.8. The number of nitrogens with one attached hydrogen (secondary N) is 1. The smallest absolute Gasteiger partial charge is 0.322 e. The Kier molecular flexibility index (Phi) is 6.16. The Labute approximate surface area is 201 Å². The fourth-order valence-electron chi connectivity index (χ4n) is 4.04. The Morgan fingerprint density at radius 1 is 1.18 bits per heavy atom. The van der Waals surface area contributed by atoms with Crippen LogP contribution in [0.15, 0.2) is 57.6 Å². The second kappa shape index (κ2) is 9.40. The van der Waals surface area contributed by atoms with Gasteiger partial charge in [-0.05, 0) is 49.1 Å². The minimum atomic E-state index is -0.438. The second-order valence-electron chi connectivity index (χ2n) is 7.79. The summed E-state index contributed by atoms with van der Waals surface area (Å²) < 4.78 is 21.8. The van der Waals surface area contributed by atoms with Gasteiger partial charge in [0.05, 0.1) is 24.8 Å². The first-order valence-electron chi connectivity index (χ1n) is 10.7. The van der Waals surface area contributed by atoms with Crippen LogP contribution in [0.3, 0.4) is 0 Å². The number of nitrogens with zero attached hydrogens (tertiary/aromatic N) is 3. The number of methoxy groups -OCH3 is 1. The molecule has 0 radical (unpaired) electrons. The van der Waals surface area contributed by atoms with Crippen molar-refractivity contribution in [1.29, 1.82) is 0 Å². The van der Waals surface area contributed by atoms with Crippen LogP contribution in [0.4, 0.5) is 4.79 Å². The van der Waals surface area contributed by atoms with Gasteiger partial charge in [-0.2, -0.15) is 4.98 Å². The third-order valence-corrected chi connectivity index (χ3v) is 6.60. The number of thioether (sulfide) groups is 1. The summed E-state index contributed by atoms with van der Waals surface area (Å²) in [5, 5.41) is 7.30. The van der Waals surface area contributed by atoms with Crippen molar-refractivity contribution in [3.8, 4) is 22.9 Å². The standard InChI is InChI=1S/C24H24N4O5S/c1-14-20(23-26-22(27-33-23)16-6-9-18-19(12-16)32-13-31-18)21(15-4-7-17(34-3)8-5-15)25-24(29)28(14)10-11-30-2/h4-9,12,21H,10-11,13H2,1-3H3,(H,25,29). The number of benzene rings is 2. The molecule has 3 aromatic rings. The van der Waals surface area contributed by atoms with Gasteiger partial charge in [0.25, 0.3) is 5.89 Å². The van der Waals surface area contributed by atoms with Gasteiger partial charge < -0.3 is 24.1 Å². The van der Waals surface area contributed by atoms with Crippen LogP contribution in [-0.2, 0) is 4.74 Å². The lowest BCUT2D eigenvalue weighted by Crippen LogP contribution is -2.47. The summed E-state index contributed by atoms with van der Waals surface area (Å²) in [5.74, 6) is 2.09. The van der Waals surface area contributed by atoms with Gasteiger partial charge in [-0.25, -0.2) is 4.79 Å². The van der Waals surface area contributed by atoms with Gasteiger partial charge in [-0.3, -0.25) is 4.90 Å². The van der Waals surface area contributed by atoms with Crippen molar-refractivity contribution in [2.75, 3.05) is 33.3 Å². The summed E-state index contributed by atoms with van der Waals surface area (Å²) in [5.41, 5.74) is 3.15. The van der Waals surface area contributed by atoms with Crippen LogP contribution < -0.4 is 14.8 Å². The molecule has 0 saturated heterocycles. The molecular weight excluding hydrogens is 456 g/mol. The molecule has 0 spiro atoms. The zero-order chi connectivity index (χ0) is 23.7. The molecule has 2 aromatic carbocycles. The van der Waals surface area contributed by atoms with Crippen molar-refractivity contribution in [1.82, 2.24) is 20.4 Å². The van der Waals surface area contributed by atoms with Crippen molar-refractivity contribution < 1.29 is 23.5 Å². The van der Waals surface area contributed by atoms with Gasteiger partial charge >= 0.3 is 6.03 Å². The molecule has 176 valence electrons. The molecule has 0 bridgehead atoms. The number of ether oxygens (including phenoxy) is 3. The number of aromatic nitrogens is 2. The highest BCUT2D eigenvalue weighted by Gasteiger charge is 2.35. The number of hydrogen-bond acceptors (Lipinski definition) is 8. The Morgan fingerprint density at radius 3 is 2.74 bits per heavy atom. The van der Waals surface area contributed by atoms with Crippen LogP contribution in [0.2, 0.25) is 0 Å². The number of hydrogen-bond donors (Lipinski definition) is 1. The van der Waals surface area contributed by atoms with E-state index >= 15 is 0 Å². The van der Waals surface area contributed by atoms with Crippen LogP contribution >= 0.6 is 11.8 Å². The van der Waals surface area contributed by atoms with E-state index in [9.17, 15) is 4.79 Å². The van der Waals surface area contributed by atoms with Crippen LogP contribution in [0.1, 0.15) is 24.4 Å². The van der Waals surface area contributed by atoms with Crippen molar-refractivity contribution >= 4 is 23.4 Å². The Morgan fingerprint density at radius 2 is 1.97 bits per heavy atom. The summed E-state index contributed by atoms with van der Waals surface area (Å²) >= 11 is 1.66. The van der Waals surface area contributed by atoms with Crippen LogP contribution in [0.25, 0.3) is 17.0 Å². The highest BCUT2D eigenvalue weighted by molar-refractivity contribution is 7.98. The highest BCUT2D eigenvalue weighted by Crippen LogP contribution is 2.39. The average molecular weight is 481 g/mol. The van der Waals surface area contributed by atoms with Crippen LogP contribution in [0, 0.1) is 0 Å². The molecule has 0 saturated carbocycles. The maximum atomic E-state index is 13.0. The molecule has 5 rings (SSSR count). The van der Waals surface area contributed by atoms with E-state index in [4.69, 9.17) is 18.7 Å². The molecule has 1 unspecified atom stereocenters. The lowest BCUT2D eigenvalue weighted by Gasteiger charge is -2.35. The predicted molar refractivity (Wildman–Crippen MR) is 127 cm³/mol. The Hall–Kier alpha value is -3.50. The zero-order valence-electron chi connectivity index (χ0n) is 19.0. The number of urea groups is 1. The highest BCUT2D eigenvalue weighted by atomic mass is 32.2. The number of rotatable bonds is 7. The van der Waals surface area contributed by atoms with E-state index < -0.39 is 6.04 Å². The van der Waals surface area contributed by atoms with E-state index in [0.29, 0.717) is 36.4 Å². The molecule has 1 N–H and O–H groups in total. The normalized spacial score (nSPS) is 17.3. The molecule has 2 amide bonds. The first kappa shape index (κ1) is 22.3. The maximum Gasteiger partial charge on any atom is 0.322 e. The van der Waals surface area contributed by atoms with Crippen LogP contribution in [-0.4, -0.2) is 54.4 Å². The SMILES string of the molecule is COCCN1C(=O)NC(c2ccc(SC)cc2)C(c2nc(-c3ccc4c(c3)OCO4)no2)=C1C. The third kappa shape index (κ3) is 4.10. The van der Waals surface area contributed by atoms with Gasteiger partial charge in [0.15, 0.2) is 11.5 Å². The maximum absolute atomic E-state index is 13.0. The molecule has 3 heterocycles. The first-order valence-corrected chi connectivity index (χ1v) is 12.0. The quantitative estimate of drug-likeness (QED) is 0.499. The summed E-state index contributed by atoms with van der Waals surface area (Å²) in [4.78, 5) is 20.4. The lowest BCUT2D eigenvalue weighted by atomic mass is 9.94. The van der Waals surface area contributed by atoms with E-state index in [-0.39, 0.29) is 12.8 Å². The predicted octanol–water partition coefficient (Wildman–Crippen LogP) is 4.33. The molecule has 9 nitrogen and oxygen atoms in total. The molecule has 0 fully saturated rings. The van der Waals surface area contributed by atoms with Gasteiger partial charge in [0.2, 0.25) is 12.6 Å². The van der Waals surface area contributed by atoms with Crippen molar-refractivity contribution in [3.05, 3.63) is 59.6 Å². The molecular formula is C24H24N4O5S. The molecule has 2 aliphatic rings. The van der Waals surface area contributed by atoms with Gasteiger partial charge in [0, 0.05) is 23.3 Å². The number of carbonyl (C=O) groups is 1. The van der Waals surface area contributed by atoms with Crippen molar-refractivity contribution in [2.45, 2.75) is 17.9 Å². The summed E-state index contributed by atoms with van der Waals surface area (Å²) in [7, 11) is 1.60. The average Bonchev–Trinajstić information content (AvgIpc) is 3.53. The molecule has 1 atom stereocenters. The lowest BCUT2D eigenvalue weighted by molar-refractivity contribution is 0.158. The Balaban J connectivity index is 1.55. The van der Waals surface area contributed by atoms with E-state index in [1.165, 1.54) is 0 Å². The minimum Gasteiger partial charge on any atom is -0.454 e. The molecule has 0 aliphatic carbocycles. The first-order chi connectivity index (χ1) is 16.6. The fraction of sp³-hybridized carbons (Fsp3) is 0.292. The number of allylic oxidation sites excluding steroid dienone is 1. The molecule has 10 heteroatoms. The van der Waals surface area contributed by atoms with E-state index in [2.05, 4.69) is 15.5 Å². The number of amides is 2. The van der Waals surface area contributed by atoms with E-state index in [0.717, 1.165) is 27.3 Å². The van der Waals surface area contributed by atoms with Gasteiger partial charge in [0.1, 0.15) is 0 Å². The summed E-state index contributed by atoms with van der Waals surface area (Å²) in [6, 6.07) is 12.9. The summed E-state index contributed by atoms with van der Waals surface area (Å²) in [6.45, 7) is 2.88. The molecule has 34 heavy (non-hydrogen) atoms. The van der Waals surface area contributed by atoms with Crippen LogP contribution in [0.5, 0.6) is 11.5 Å². The number of fused-ring (bicyclic) bond motifs is 1. The topological polar surface area (TPSA) is 99.0 Å². The van der Waals surface area contributed by atoms with Crippen molar-refractivity contribution in [2.24, 2.45) is 0 Å². The minimum absolute atomic E-state index is 0.191. The molecule has 2 aliphatic heterocycles. The number of carbonyl (C=O) groups excluding carboxylic acids is 1. The van der Waals surface area contributed by atoms with Crippen molar-refractivity contribution in [3.63, 3.8) is 0 Å². The fourth-order valence-corrected chi connectivity index (χ4v) is 4.45. The van der Waals surface area contributed by atoms with Gasteiger partial charge in [-0.1, -0.05) is 17.3 Å².